The smallest absolute Gasteiger partial charge is 0.319 e. The molecule has 1 aliphatic rings. The van der Waals surface area contributed by atoms with Gasteiger partial charge >= 0.3 is 6.03 Å². The van der Waals surface area contributed by atoms with E-state index in [4.69, 9.17) is 9.56 Å². The number of nitrogens with zero attached hydrogens (tertiary/aromatic N) is 1. The Hall–Kier alpha value is -2.36. The number of likely N-dealkylation sites (tertiary alicyclic amines) is 1. The van der Waals surface area contributed by atoms with E-state index in [1.54, 1.807) is 6.26 Å². The van der Waals surface area contributed by atoms with E-state index in [9.17, 15) is 13.2 Å². The first kappa shape index (κ1) is 19.4. The number of nitrogens with one attached hydrogen (secondary N) is 2. The number of sulfonamides is 1. The molecule has 0 unspecified atom stereocenters. The second-order valence-corrected chi connectivity index (χ2v) is 8.09. The Morgan fingerprint density at radius 3 is 2.44 bits per heavy atom. The molecule has 0 saturated carbocycles. The summed E-state index contributed by atoms with van der Waals surface area (Å²) in [5.41, 5.74) is 0.479. The lowest BCUT2D eigenvalue weighted by Gasteiger charge is -2.33. The Morgan fingerprint density at radius 2 is 1.85 bits per heavy atom. The van der Waals surface area contributed by atoms with E-state index < -0.39 is 10.0 Å². The molecule has 2 aromatic rings. The number of benzene rings is 1. The summed E-state index contributed by atoms with van der Waals surface area (Å²) in [5, 5.41) is 10.6. The van der Waals surface area contributed by atoms with Gasteiger partial charge in [0, 0.05) is 12.2 Å². The van der Waals surface area contributed by atoms with Crippen LogP contribution in [-0.4, -0.2) is 39.0 Å². The van der Waals surface area contributed by atoms with Gasteiger partial charge in [-0.25, -0.2) is 18.4 Å². The quantitative estimate of drug-likeness (QED) is 0.697. The molecule has 27 heavy (non-hydrogen) atoms. The minimum atomic E-state index is -3.75. The van der Waals surface area contributed by atoms with Crippen molar-refractivity contribution in [3.63, 3.8) is 0 Å². The van der Waals surface area contributed by atoms with Gasteiger partial charge in [0.25, 0.3) is 0 Å². The van der Waals surface area contributed by atoms with Crippen molar-refractivity contribution in [1.29, 1.82) is 0 Å². The maximum Gasteiger partial charge on any atom is 0.319 e. The van der Waals surface area contributed by atoms with Crippen molar-refractivity contribution in [2.45, 2.75) is 30.2 Å². The standard InChI is InChI=1S/C18H24N4O4S/c19-27(24,25)15-8-6-14(7-9-15)21-18(23)20-13-16(17-5-4-12-26-17)22-10-2-1-3-11-22/h4-9,12,16H,1-3,10-11,13H2,(H2,19,24,25)(H2,20,21,23)/t16-/m0/s1. The molecule has 1 fully saturated rings. The largest absolute Gasteiger partial charge is 0.468 e. The number of nitrogens with two attached hydrogens (primary N) is 1. The van der Waals surface area contributed by atoms with Crippen LogP contribution in [0.4, 0.5) is 10.5 Å². The third-order valence-corrected chi connectivity index (χ3v) is 5.53. The van der Waals surface area contributed by atoms with Crippen LogP contribution >= 0.6 is 0 Å². The number of amides is 2. The monoisotopic (exact) mass is 392 g/mol. The number of primary sulfonamides is 1. The lowest BCUT2D eigenvalue weighted by molar-refractivity contribution is 0.144. The van der Waals surface area contributed by atoms with E-state index in [1.165, 1.54) is 30.7 Å². The fourth-order valence-electron chi connectivity index (χ4n) is 3.21. The van der Waals surface area contributed by atoms with Crippen molar-refractivity contribution in [2.24, 2.45) is 5.14 Å². The second-order valence-electron chi connectivity index (χ2n) is 6.53. The highest BCUT2D eigenvalue weighted by Gasteiger charge is 2.24. The SMILES string of the molecule is NS(=O)(=O)c1ccc(NC(=O)NC[C@@H](c2ccco2)N2CCCCC2)cc1. The molecule has 2 heterocycles. The summed E-state index contributed by atoms with van der Waals surface area (Å²) in [4.78, 5) is 14.6. The van der Waals surface area contributed by atoms with E-state index >= 15 is 0 Å². The number of hydrogen-bond acceptors (Lipinski definition) is 5. The molecule has 1 aromatic heterocycles. The summed E-state index contributed by atoms with van der Waals surface area (Å²) < 4.78 is 28.1. The van der Waals surface area contributed by atoms with Gasteiger partial charge in [0.1, 0.15) is 5.76 Å². The zero-order valence-electron chi connectivity index (χ0n) is 14.9. The van der Waals surface area contributed by atoms with Crippen LogP contribution in [0.3, 0.4) is 0 Å². The number of anilines is 1. The van der Waals surface area contributed by atoms with Gasteiger partial charge < -0.3 is 15.1 Å². The number of furan rings is 1. The number of hydrogen-bond donors (Lipinski definition) is 3. The lowest BCUT2D eigenvalue weighted by Crippen LogP contribution is -2.41. The van der Waals surface area contributed by atoms with Crippen LogP contribution in [0.15, 0.2) is 52.0 Å². The molecule has 2 amide bonds. The number of carbonyl (C=O) groups excluding carboxylic acids is 1. The van der Waals surface area contributed by atoms with E-state index in [0.717, 1.165) is 31.7 Å². The van der Waals surface area contributed by atoms with Crippen LogP contribution in [-0.2, 0) is 10.0 Å². The Bertz CT molecular complexity index is 844. The topological polar surface area (TPSA) is 118 Å². The molecule has 0 bridgehead atoms. The van der Waals surface area contributed by atoms with Gasteiger partial charge in [-0.1, -0.05) is 6.42 Å². The molecule has 9 heteroatoms. The summed E-state index contributed by atoms with van der Waals surface area (Å²) in [7, 11) is -3.75. The molecule has 3 rings (SSSR count). The second kappa shape index (κ2) is 8.55. The van der Waals surface area contributed by atoms with Gasteiger partial charge in [0.05, 0.1) is 17.2 Å². The number of urea groups is 1. The number of carbonyl (C=O) groups is 1. The Balaban J connectivity index is 1.59. The molecular weight excluding hydrogens is 368 g/mol. The highest BCUT2D eigenvalue weighted by molar-refractivity contribution is 7.89. The predicted octanol–water partition coefficient (Wildman–Crippen LogP) is 2.28. The van der Waals surface area contributed by atoms with Crippen molar-refractivity contribution in [2.75, 3.05) is 25.0 Å². The van der Waals surface area contributed by atoms with Crippen LogP contribution in [0, 0.1) is 0 Å². The molecular formula is C18H24N4O4S. The molecule has 1 aliphatic heterocycles. The Kier molecular flexibility index (Phi) is 6.15. The molecule has 4 N–H and O–H groups in total. The zero-order valence-corrected chi connectivity index (χ0v) is 15.7. The zero-order chi connectivity index (χ0) is 19.3. The molecule has 1 aromatic carbocycles. The van der Waals surface area contributed by atoms with Gasteiger partial charge in [-0.05, 0) is 62.3 Å². The first-order valence-electron chi connectivity index (χ1n) is 8.88. The molecule has 8 nitrogen and oxygen atoms in total. The fourth-order valence-corrected chi connectivity index (χ4v) is 3.73. The number of rotatable bonds is 6. The van der Waals surface area contributed by atoms with Crippen LogP contribution in [0.1, 0.15) is 31.1 Å². The third kappa shape index (κ3) is 5.31. The molecule has 146 valence electrons. The third-order valence-electron chi connectivity index (χ3n) is 4.60. The summed E-state index contributed by atoms with van der Waals surface area (Å²) >= 11 is 0. The maximum atomic E-state index is 12.2. The molecule has 0 spiro atoms. The summed E-state index contributed by atoms with van der Waals surface area (Å²) in [6, 6.07) is 9.07. The van der Waals surface area contributed by atoms with Crippen LogP contribution in [0.5, 0.6) is 0 Å². The van der Waals surface area contributed by atoms with Gasteiger partial charge in [-0.2, -0.15) is 0 Å². The van der Waals surface area contributed by atoms with Crippen molar-refractivity contribution < 1.29 is 17.6 Å². The molecule has 1 atom stereocenters. The molecule has 0 aliphatic carbocycles. The van der Waals surface area contributed by atoms with E-state index in [-0.39, 0.29) is 17.0 Å². The van der Waals surface area contributed by atoms with Gasteiger partial charge in [-0.15, -0.1) is 0 Å². The van der Waals surface area contributed by atoms with Crippen molar-refractivity contribution in [3.05, 3.63) is 48.4 Å². The van der Waals surface area contributed by atoms with Crippen molar-refractivity contribution in [1.82, 2.24) is 10.2 Å². The van der Waals surface area contributed by atoms with Gasteiger partial charge in [0.2, 0.25) is 10.0 Å². The van der Waals surface area contributed by atoms with E-state index in [0.29, 0.717) is 12.2 Å². The highest BCUT2D eigenvalue weighted by atomic mass is 32.2. The maximum absolute atomic E-state index is 12.2. The summed E-state index contributed by atoms with van der Waals surface area (Å²) in [5.74, 6) is 0.828. The lowest BCUT2D eigenvalue weighted by atomic mass is 10.1. The van der Waals surface area contributed by atoms with E-state index in [2.05, 4.69) is 15.5 Å². The first-order chi connectivity index (χ1) is 12.9. The fraction of sp³-hybridized carbons (Fsp3) is 0.389. The minimum Gasteiger partial charge on any atom is -0.468 e. The van der Waals surface area contributed by atoms with Gasteiger partial charge in [-0.3, -0.25) is 4.90 Å². The number of piperidine rings is 1. The minimum absolute atomic E-state index is 0.00330. The average molecular weight is 392 g/mol. The van der Waals surface area contributed by atoms with Crippen molar-refractivity contribution in [3.8, 4) is 0 Å². The van der Waals surface area contributed by atoms with Crippen LogP contribution in [0.25, 0.3) is 0 Å². The van der Waals surface area contributed by atoms with Crippen molar-refractivity contribution >= 4 is 21.7 Å². The highest BCUT2D eigenvalue weighted by Crippen LogP contribution is 2.24. The van der Waals surface area contributed by atoms with Gasteiger partial charge in [0.15, 0.2) is 0 Å². The predicted molar refractivity (Wildman–Crippen MR) is 102 cm³/mol. The summed E-state index contributed by atoms with van der Waals surface area (Å²) in [6.45, 7) is 2.36. The Morgan fingerprint density at radius 1 is 1.15 bits per heavy atom. The molecule has 0 radical (unpaired) electrons. The van der Waals surface area contributed by atoms with Crippen LogP contribution in [0.2, 0.25) is 0 Å². The normalized spacial score (nSPS) is 16.6. The summed E-state index contributed by atoms with van der Waals surface area (Å²) in [6.07, 6.45) is 5.14. The Labute approximate surface area is 158 Å². The molecule has 1 saturated heterocycles. The first-order valence-corrected chi connectivity index (χ1v) is 10.4. The van der Waals surface area contributed by atoms with Crippen LogP contribution < -0.4 is 15.8 Å². The average Bonchev–Trinajstić information content (AvgIpc) is 3.17. The van der Waals surface area contributed by atoms with E-state index in [1.807, 2.05) is 12.1 Å².